The topological polar surface area (TPSA) is 79.0 Å². The van der Waals surface area contributed by atoms with Crippen molar-refractivity contribution in [2.45, 2.75) is 44.4 Å². The number of carbonyl (C=O) groups excluding carboxylic acids is 3. The van der Waals surface area contributed by atoms with Crippen LogP contribution in [0.5, 0.6) is 5.75 Å². The summed E-state index contributed by atoms with van der Waals surface area (Å²) in [6.45, 7) is 3.08. The molecule has 160 valence electrons. The van der Waals surface area contributed by atoms with Crippen molar-refractivity contribution in [1.29, 1.82) is 0 Å². The average molecular weight is 419 g/mol. The van der Waals surface area contributed by atoms with Crippen molar-refractivity contribution in [1.82, 2.24) is 15.1 Å². The van der Waals surface area contributed by atoms with Crippen LogP contribution in [0.1, 0.15) is 47.3 Å². The second kappa shape index (κ2) is 7.72. The molecule has 0 aromatic heterocycles. The molecule has 0 saturated carbocycles. The molecule has 3 atom stereocenters. The molecule has 7 nitrogen and oxygen atoms in total. The van der Waals surface area contributed by atoms with Crippen LogP contribution >= 0.6 is 0 Å². The van der Waals surface area contributed by atoms with E-state index in [1.165, 1.54) is 0 Å². The van der Waals surface area contributed by atoms with E-state index in [-0.39, 0.29) is 23.8 Å². The first-order chi connectivity index (χ1) is 15.0. The molecule has 0 spiro atoms. The summed E-state index contributed by atoms with van der Waals surface area (Å²) in [5.41, 5.74) is 2.54. The zero-order chi connectivity index (χ0) is 21.5. The molecule has 0 aliphatic carbocycles. The minimum Gasteiger partial charge on any atom is -0.491 e. The van der Waals surface area contributed by atoms with Gasteiger partial charge in [-0.1, -0.05) is 36.4 Å². The normalized spacial score (nSPS) is 22.7. The minimum atomic E-state index is -0.621. The van der Waals surface area contributed by atoms with Gasteiger partial charge in [0.1, 0.15) is 24.4 Å². The van der Waals surface area contributed by atoms with Crippen LogP contribution in [0.2, 0.25) is 0 Å². The van der Waals surface area contributed by atoms with Gasteiger partial charge in [0.15, 0.2) is 0 Å². The standard InChI is InChI=1S/C24H25N3O4/c1-15(27-13-16-7-2-3-8-17(16)24(27)30)23(29)26-12-6-10-20(26)22(28)25-19-14-31-21-11-5-4-9-18(19)21/h2-5,7-9,11,15,19-20H,6,10,12-14H2,1H3,(H,25,28)/t15-,19-,20-/m0/s1. The molecule has 5 rings (SSSR count). The molecule has 3 heterocycles. The van der Waals surface area contributed by atoms with Gasteiger partial charge in [-0.15, -0.1) is 0 Å². The lowest BCUT2D eigenvalue weighted by Crippen LogP contribution is -2.53. The van der Waals surface area contributed by atoms with E-state index in [1.807, 2.05) is 42.5 Å². The van der Waals surface area contributed by atoms with E-state index in [4.69, 9.17) is 4.74 Å². The maximum absolute atomic E-state index is 13.3. The Hall–Kier alpha value is -3.35. The third-order valence-electron chi connectivity index (χ3n) is 6.53. The molecule has 1 N–H and O–H groups in total. The number of ether oxygens (including phenoxy) is 1. The predicted octanol–water partition coefficient (Wildman–Crippen LogP) is 2.27. The molecule has 31 heavy (non-hydrogen) atoms. The number of para-hydroxylation sites is 1. The predicted molar refractivity (Wildman–Crippen MR) is 113 cm³/mol. The Morgan fingerprint density at radius 3 is 2.74 bits per heavy atom. The van der Waals surface area contributed by atoms with Gasteiger partial charge in [-0.3, -0.25) is 14.4 Å². The molecule has 7 heteroatoms. The number of rotatable bonds is 4. The van der Waals surface area contributed by atoms with Crippen LogP contribution in [-0.2, 0) is 16.1 Å². The van der Waals surface area contributed by atoms with Crippen LogP contribution in [-0.4, -0.2) is 52.8 Å². The van der Waals surface area contributed by atoms with E-state index in [0.29, 0.717) is 31.7 Å². The molecule has 1 fully saturated rings. The van der Waals surface area contributed by atoms with E-state index in [2.05, 4.69) is 5.32 Å². The fourth-order valence-electron chi connectivity index (χ4n) is 4.82. The first kappa shape index (κ1) is 19.6. The van der Waals surface area contributed by atoms with Crippen molar-refractivity contribution in [3.63, 3.8) is 0 Å². The van der Waals surface area contributed by atoms with Gasteiger partial charge >= 0.3 is 0 Å². The van der Waals surface area contributed by atoms with E-state index >= 15 is 0 Å². The average Bonchev–Trinajstić information content (AvgIpc) is 3.51. The number of likely N-dealkylation sites (tertiary alicyclic amines) is 1. The number of hydrogen-bond acceptors (Lipinski definition) is 4. The zero-order valence-electron chi connectivity index (χ0n) is 17.4. The van der Waals surface area contributed by atoms with Gasteiger partial charge in [-0.2, -0.15) is 0 Å². The summed E-state index contributed by atoms with van der Waals surface area (Å²) < 4.78 is 5.66. The van der Waals surface area contributed by atoms with Crippen LogP contribution in [0.15, 0.2) is 48.5 Å². The number of nitrogens with one attached hydrogen (secondary N) is 1. The third kappa shape index (κ3) is 3.34. The summed E-state index contributed by atoms with van der Waals surface area (Å²) in [6, 6.07) is 13.7. The molecule has 3 aliphatic rings. The van der Waals surface area contributed by atoms with Crippen molar-refractivity contribution in [2.24, 2.45) is 0 Å². The highest BCUT2D eigenvalue weighted by molar-refractivity contribution is 6.01. The Kier molecular flexibility index (Phi) is 4.88. The van der Waals surface area contributed by atoms with Crippen LogP contribution < -0.4 is 10.1 Å². The molecular weight excluding hydrogens is 394 g/mol. The molecule has 0 unspecified atom stereocenters. The minimum absolute atomic E-state index is 0.128. The Bertz CT molecular complexity index is 1050. The smallest absolute Gasteiger partial charge is 0.255 e. The summed E-state index contributed by atoms with van der Waals surface area (Å²) >= 11 is 0. The van der Waals surface area contributed by atoms with E-state index in [9.17, 15) is 14.4 Å². The highest BCUT2D eigenvalue weighted by Crippen LogP contribution is 2.32. The number of hydrogen-bond donors (Lipinski definition) is 1. The largest absolute Gasteiger partial charge is 0.491 e. The number of benzene rings is 2. The summed E-state index contributed by atoms with van der Waals surface area (Å²) in [6.07, 6.45) is 1.39. The number of amides is 3. The van der Waals surface area contributed by atoms with Gasteiger partial charge in [0.2, 0.25) is 11.8 Å². The SMILES string of the molecule is C[C@@H](C(=O)N1CCC[C@H]1C(=O)N[C@H]1COc2ccccc21)N1Cc2ccccc2C1=O. The Morgan fingerprint density at radius 2 is 1.90 bits per heavy atom. The zero-order valence-corrected chi connectivity index (χ0v) is 17.4. The summed E-state index contributed by atoms with van der Waals surface area (Å²) in [5, 5.41) is 3.05. The Morgan fingerprint density at radius 1 is 1.13 bits per heavy atom. The molecule has 0 bridgehead atoms. The maximum atomic E-state index is 13.3. The lowest BCUT2D eigenvalue weighted by atomic mass is 10.1. The van der Waals surface area contributed by atoms with Crippen molar-refractivity contribution >= 4 is 17.7 Å². The second-order valence-corrected chi connectivity index (χ2v) is 8.37. The van der Waals surface area contributed by atoms with Gasteiger partial charge in [-0.05, 0) is 37.5 Å². The number of nitrogens with zero attached hydrogens (tertiary/aromatic N) is 2. The van der Waals surface area contributed by atoms with Gasteiger partial charge in [0, 0.05) is 24.2 Å². The molecule has 2 aromatic rings. The summed E-state index contributed by atoms with van der Waals surface area (Å²) in [4.78, 5) is 42.4. The van der Waals surface area contributed by atoms with Crippen molar-refractivity contribution < 1.29 is 19.1 Å². The molecule has 3 amide bonds. The van der Waals surface area contributed by atoms with Gasteiger partial charge in [-0.25, -0.2) is 0 Å². The van der Waals surface area contributed by atoms with Crippen molar-refractivity contribution in [3.05, 3.63) is 65.2 Å². The third-order valence-corrected chi connectivity index (χ3v) is 6.53. The number of fused-ring (bicyclic) bond motifs is 2. The first-order valence-electron chi connectivity index (χ1n) is 10.8. The fourth-order valence-corrected chi connectivity index (χ4v) is 4.82. The van der Waals surface area contributed by atoms with E-state index in [1.54, 1.807) is 22.8 Å². The molecular formula is C24H25N3O4. The summed E-state index contributed by atoms with van der Waals surface area (Å²) in [5.74, 6) is 0.311. The van der Waals surface area contributed by atoms with Crippen LogP contribution in [0.4, 0.5) is 0 Å². The quantitative estimate of drug-likeness (QED) is 0.825. The second-order valence-electron chi connectivity index (χ2n) is 8.37. The highest BCUT2D eigenvalue weighted by Gasteiger charge is 2.41. The van der Waals surface area contributed by atoms with E-state index < -0.39 is 12.1 Å². The van der Waals surface area contributed by atoms with Crippen LogP contribution in [0.25, 0.3) is 0 Å². The van der Waals surface area contributed by atoms with Gasteiger partial charge in [0.05, 0.1) is 6.04 Å². The summed E-state index contributed by atoms with van der Waals surface area (Å²) in [7, 11) is 0. The lowest BCUT2D eigenvalue weighted by Gasteiger charge is -2.31. The lowest BCUT2D eigenvalue weighted by molar-refractivity contribution is -0.141. The number of carbonyl (C=O) groups is 3. The van der Waals surface area contributed by atoms with Crippen LogP contribution in [0.3, 0.4) is 0 Å². The van der Waals surface area contributed by atoms with Gasteiger partial charge in [0.25, 0.3) is 5.91 Å². The molecule has 2 aromatic carbocycles. The monoisotopic (exact) mass is 419 g/mol. The Labute approximate surface area is 181 Å². The Balaban J connectivity index is 1.27. The fraction of sp³-hybridized carbons (Fsp3) is 0.375. The van der Waals surface area contributed by atoms with Crippen molar-refractivity contribution in [2.75, 3.05) is 13.2 Å². The van der Waals surface area contributed by atoms with E-state index in [0.717, 1.165) is 23.3 Å². The first-order valence-corrected chi connectivity index (χ1v) is 10.8. The van der Waals surface area contributed by atoms with Gasteiger partial charge < -0.3 is 19.9 Å². The highest BCUT2D eigenvalue weighted by atomic mass is 16.5. The molecule has 1 saturated heterocycles. The molecule has 3 aliphatic heterocycles. The van der Waals surface area contributed by atoms with Crippen molar-refractivity contribution in [3.8, 4) is 5.75 Å². The molecule has 0 radical (unpaired) electrons. The maximum Gasteiger partial charge on any atom is 0.255 e. The van der Waals surface area contributed by atoms with Crippen LogP contribution in [0, 0.1) is 0 Å².